The first-order chi connectivity index (χ1) is 37.6. The van der Waals surface area contributed by atoms with Gasteiger partial charge >= 0.3 is 11.9 Å². The number of likely N-dealkylation sites (N-methyl/N-ethyl adjacent to an activating group) is 1. The van der Waals surface area contributed by atoms with Gasteiger partial charge in [-0.15, -0.1) is 0 Å². The minimum absolute atomic E-state index is 0.143. The SMILES string of the molecule is CC/C=C\C/C=C\C/C=C\C/C=C\C/C=C\C/C=C\C/C=C\C/C=C\CCCCCCCCCCC(=O)OC(COC(=O)CCCCCCCCCCCCCCCCCCCCC)COC(OCC[N+](C)(C)C)C(=O)[O-]. The van der Waals surface area contributed by atoms with Gasteiger partial charge in [-0.25, -0.2) is 0 Å². The fourth-order valence-corrected chi connectivity index (χ4v) is 8.55. The number of ether oxygens (including phenoxy) is 4. The molecule has 9 nitrogen and oxygen atoms in total. The molecule has 0 heterocycles. The van der Waals surface area contributed by atoms with E-state index in [2.05, 4.69) is 111 Å². The van der Waals surface area contributed by atoms with Gasteiger partial charge in [-0.2, -0.15) is 0 Å². The normalized spacial score (nSPS) is 13.4. The van der Waals surface area contributed by atoms with Crippen molar-refractivity contribution in [1.82, 2.24) is 0 Å². The minimum atomic E-state index is -1.63. The molecule has 442 valence electrons. The van der Waals surface area contributed by atoms with Gasteiger partial charge in [0.1, 0.15) is 13.2 Å². The summed E-state index contributed by atoms with van der Waals surface area (Å²) in [5.41, 5.74) is 0. The Morgan fingerprint density at radius 3 is 1.10 bits per heavy atom. The van der Waals surface area contributed by atoms with Gasteiger partial charge in [-0.1, -0.05) is 265 Å². The smallest absolute Gasteiger partial charge is 0.306 e. The third kappa shape index (κ3) is 59.7. The molecule has 0 aliphatic rings. The van der Waals surface area contributed by atoms with E-state index in [-0.39, 0.29) is 32.2 Å². The van der Waals surface area contributed by atoms with Crippen molar-refractivity contribution in [3.63, 3.8) is 0 Å². The summed E-state index contributed by atoms with van der Waals surface area (Å²) in [6.45, 7) is 4.64. The molecule has 0 spiro atoms. The van der Waals surface area contributed by atoms with Crippen LogP contribution < -0.4 is 5.11 Å². The maximum absolute atomic E-state index is 12.9. The zero-order chi connectivity index (χ0) is 56.2. The summed E-state index contributed by atoms with van der Waals surface area (Å²) in [6.07, 6.45) is 76.0. The number of hydrogen-bond acceptors (Lipinski definition) is 8. The first kappa shape index (κ1) is 73.2. The van der Waals surface area contributed by atoms with Crippen molar-refractivity contribution in [2.45, 2.75) is 270 Å². The maximum Gasteiger partial charge on any atom is 0.306 e. The summed E-state index contributed by atoms with van der Waals surface area (Å²) in [4.78, 5) is 37.4. The number of allylic oxidation sites excluding steroid dienone is 16. The number of carboxylic acids is 1. The van der Waals surface area contributed by atoms with E-state index in [9.17, 15) is 19.5 Å². The van der Waals surface area contributed by atoms with Crippen LogP contribution in [0.2, 0.25) is 0 Å². The highest BCUT2D eigenvalue weighted by Gasteiger charge is 2.22. The standard InChI is InChI=1S/C68H117NO8/c1-6-8-10-12-14-16-18-20-22-24-26-27-28-29-30-31-32-33-34-35-36-37-38-39-41-43-45-47-49-51-53-55-57-59-66(71)77-64(63-76-68(67(72)73)74-61-60-69(3,4)5)62-75-65(70)58-56-54-52-50-48-46-44-42-40-25-23-21-19-17-15-13-11-9-7-2/h8,10,14,16,20,22,26-27,29-30,32-33,35-36,38-39,64,68H,6-7,9,11-13,15,17-19,21,23-25,28,31,34,37,40-63H2,1-5H3/b10-8-,16-14-,22-20-,27-26-,30-29-,33-32-,36-35-,39-38-. The van der Waals surface area contributed by atoms with Crippen LogP contribution in [0.25, 0.3) is 0 Å². The third-order valence-electron chi connectivity index (χ3n) is 13.3. The van der Waals surface area contributed by atoms with Crippen molar-refractivity contribution in [3.05, 3.63) is 97.2 Å². The lowest BCUT2D eigenvalue weighted by atomic mass is 10.0. The largest absolute Gasteiger partial charge is 0.545 e. The van der Waals surface area contributed by atoms with Gasteiger partial charge in [-0.3, -0.25) is 9.59 Å². The van der Waals surface area contributed by atoms with E-state index in [0.717, 1.165) is 96.3 Å². The van der Waals surface area contributed by atoms with E-state index in [1.165, 1.54) is 128 Å². The highest BCUT2D eigenvalue weighted by atomic mass is 16.7. The van der Waals surface area contributed by atoms with Crippen LogP contribution in [0.4, 0.5) is 0 Å². The van der Waals surface area contributed by atoms with Crippen molar-refractivity contribution in [2.24, 2.45) is 0 Å². The molecule has 0 N–H and O–H groups in total. The Hall–Kier alpha value is -3.79. The summed E-state index contributed by atoms with van der Waals surface area (Å²) in [6, 6.07) is 0. The van der Waals surface area contributed by atoms with E-state index < -0.39 is 24.3 Å². The number of esters is 2. The van der Waals surface area contributed by atoms with Crippen LogP contribution in [-0.4, -0.2) is 82.3 Å². The molecule has 0 saturated heterocycles. The van der Waals surface area contributed by atoms with Crippen LogP contribution in [-0.2, 0) is 33.3 Å². The van der Waals surface area contributed by atoms with Crippen LogP contribution in [0.3, 0.4) is 0 Å². The highest BCUT2D eigenvalue weighted by Crippen LogP contribution is 2.16. The first-order valence-corrected chi connectivity index (χ1v) is 31.4. The lowest BCUT2D eigenvalue weighted by Gasteiger charge is -2.26. The Kier molecular flexibility index (Phi) is 55.5. The molecule has 0 saturated carbocycles. The molecular weight excluding hydrogens is 959 g/mol. The van der Waals surface area contributed by atoms with Gasteiger partial charge in [0, 0.05) is 12.8 Å². The molecule has 77 heavy (non-hydrogen) atoms. The average molecular weight is 1080 g/mol. The van der Waals surface area contributed by atoms with E-state index in [4.69, 9.17) is 18.9 Å². The Morgan fingerprint density at radius 2 is 0.740 bits per heavy atom. The van der Waals surface area contributed by atoms with E-state index >= 15 is 0 Å². The van der Waals surface area contributed by atoms with E-state index in [1.807, 2.05) is 21.1 Å². The Balaban J connectivity index is 4.22. The summed E-state index contributed by atoms with van der Waals surface area (Å²) in [7, 11) is 5.92. The molecule has 0 amide bonds. The van der Waals surface area contributed by atoms with Gasteiger partial charge in [0.05, 0.1) is 40.3 Å². The van der Waals surface area contributed by atoms with Crippen LogP contribution >= 0.6 is 0 Å². The molecule has 2 atom stereocenters. The van der Waals surface area contributed by atoms with Crippen LogP contribution in [0.5, 0.6) is 0 Å². The third-order valence-corrected chi connectivity index (χ3v) is 13.3. The topological polar surface area (TPSA) is 111 Å². The summed E-state index contributed by atoms with van der Waals surface area (Å²) >= 11 is 0. The van der Waals surface area contributed by atoms with Gasteiger partial charge in [0.2, 0.25) is 0 Å². The van der Waals surface area contributed by atoms with Gasteiger partial charge in [-0.05, 0) is 77.0 Å². The lowest BCUT2D eigenvalue weighted by molar-refractivity contribution is -0.870. The number of carbonyl (C=O) groups is 3. The molecule has 0 radical (unpaired) electrons. The Labute approximate surface area is 473 Å². The number of rotatable bonds is 57. The summed E-state index contributed by atoms with van der Waals surface area (Å²) < 4.78 is 22.7. The van der Waals surface area contributed by atoms with Crippen LogP contribution in [0, 0.1) is 0 Å². The number of nitrogens with zero attached hydrogens (tertiary/aromatic N) is 1. The van der Waals surface area contributed by atoms with Gasteiger partial charge in [0.15, 0.2) is 12.4 Å². The molecule has 0 aromatic carbocycles. The second kappa shape index (κ2) is 58.4. The van der Waals surface area contributed by atoms with Crippen molar-refractivity contribution in [1.29, 1.82) is 0 Å². The number of hydrogen-bond donors (Lipinski definition) is 0. The Bertz CT molecular complexity index is 1580. The Morgan fingerprint density at radius 1 is 0.403 bits per heavy atom. The predicted octanol–water partition coefficient (Wildman–Crippen LogP) is 17.6. The quantitative estimate of drug-likeness (QED) is 0.0195. The molecule has 0 bridgehead atoms. The number of carbonyl (C=O) groups excluding carboxylic acids is 3. The molecule has 0 aromatic rings. The average Bonchev–Trinajstić information content (AvgIpc) is 3.40. The molecule has 0 aliphatic carbocycles. The molecule has 0 aromatic heterocycles. The highest BCUT2D eigenvalue weighted by molar-refractivity contribution is 5.70. The zero-order valence-corrected chi connectivity index (χ0v) is 50.3. The number of quaternary nitrogens is 1. The lowest BCUT2D eigenvalue weighted by Crippen LogP contribution is -2.44. The fraction of sp³-hybridized carbons (Fsp3) is 0.721. The predicted molar refractivity (Wildman–Crippen MR) is 324 cm³/mol. The molecule has 9 heteroatoms. The van der Waals surface area contributed by atoms with Crippen LogP contribution in [0.1, 0.15) is 258 Å². The number of unbranched alkanes of at least 4 members (excludes halogenated alkanes) is 26. The van der Waals surface area contributed by atoms with E-state index in [0.29, 0.717) is 23.9 Å². The zero-order valence-electron chi connectivity index (χ0n) is 50.3. The monoisotopic (exact) mass is 1080 g/mol. The second-order valence-electron chi connectivity index (χ2n) is 22.0. The molecule has 0 rings (SSSR count). The van der Waals surface area contributed by atoms with Crippen molar-refractivity contribution >= 4 is 17.9 Å². The minimum Gasteiger partial charge on any atom is -0.545 e. The van der Waals surface area contributed by atoms with Gasteiger partial charge < -0.3 is 33.3 Å². The van der Waals surface area contributed by atoms with Crippen LogP contribution in [0.15, 0.2) is 97.2 Å². The number of carboxylic acid groups (broad SMARTS) is 1. The van der Waals surface area contributed by atoms with Crippen molar-refractivity contribution in [3.8, 4) is 0 Å². The molecule has 2 unspecified atom stereocenters. The van der Waals surface area contributed by atoms with Crippen molar-refractivity contribution < 1.29 is 42.9 Å². The molecule has 0 fully saturated rings. The van der Waals surface area contributed by atoms with Gasteiger partial charge in [0.25, 0.3) is 0 Å². The first-order valence-electron chi connectivity index (χ1n) is 31.4. The second-order valence-corrected chi connectivity index (χ2v) is 22.0. The summed E-state index contributed by atoms with van der Waals surface area (Å²) in [5.74, 6) is -2.29. The molecular formula is C68H117NO8. The number of aliphatic carboxylic acids is 1. The van der Waals surface area contributed by atoms with E-state index in [1.54, 1.807) is 0 Å². The maximum atomic E-state index is 12.9. The fourth-order valence-electron chi connectivity index (χ4n) is 8.55. The van der Waals surface area contributed by atoms with Crippen molar-refractivity contribution in [2.75, 3.05) is 47.5 Å². The summed E-state index contributed by atoms with van der Waals surface area (Å²) in [5, 5.41) is 11.8. The molecule has 0 aliphatic heterocycles.